The average Bonchev–Trinajstić information content (AvgIpc) is 2.67. The molecule has 1 unspecified atom stereocenters. The number of carbonyl (C=O) groups excluding carboxylic acids is 1. The van der Waals surface area contributed by atoms with Crippen LogP contribution in [0.4, 0.5) is 5.69 Å². The van der Waals surface area contributed by atoms with E-state index in [0.717, 1.165) is 23.2 Å². The predicted octanol–water partition coefficient (Wildman–Crippen LogP) is 4.12. The van der Waals surface area contributed by atoms with Crippen LogP contribution in [-0.4, -0.2) is 17.6 Å². The third-order valence-corrected chi connectivity index (χ3v) is 4.35. The fraction of sp³-hybridized carbons (Fsp3) is 0.278. The van der Waals surface area contributed by atoms with Crippen molar-refractivity contribution in [3.05, 3.63) is 64.2 Å². The molecule has 114 valence electrons. The minimum absolute atomic E-state index is 0.0317. The number of fused-ring (bicyclic) bond motifs is 1. The Bertz CT molecular complexity index is 714. The van der Waals surface area contributed by atoms with Gasteiger partial charge in [-0.05, 0) is 49.6 Å². The number of rotatable bonds is 1. The number of anilines is 1. The van der Waals surface area contributed by atoms with Crippen LogP contribution >= 0.6 is 11.6 Å². The highest BCUT2D eigenvalue weighted by Crippen LogP contribution is 2.35. The Morgan fingerprint density at radius 1 is 1.27 bits per heavy atom. The number of aliphatic hydroxyl groups excluding tert-OH is 1. The van der Waals surface area contributed by atoms with Crippen LogP contribution in [0.15, 0.2) is 42.5 Å². The lowest BCUT2D eigenvalue weighted by Gasteiger charge is -2.24. The summed E-state index contributed by atoms with van der Waals surface area (Å²) in [5.41, 5.74) is 3.13. The SMILES string of the molecule is Cc1ccccc1C(=O)N1CCCC(O)c2cc(Cl)ccc21. The normalized spacial score (nSPS) is 17.8. The van der Waals surface area contributed by atoms with Gasteiger partial charge in [-0.25, -0.2) is 0 Å². The van der Waals surface area contributed by atoms with E-state index in [1.54, 1.807) is 17.0 Å². The first-order valence-electron chi connectivity index (χ1n) is 7.43. The monoisotopic (exact) mass is 315 g/mol. The summed E-state index contributed by atoms with van der Waals surface area (Å²) in [7, 11) is 0. The van der Waals surface area contributed by atoms with Gasteiger partial charge in [0.15, 0.2) is 0 Å². The summed E-state index contributed by atoms with van der Waals surface area (Å²) in [6, 6.07) is 12.9. The molecule has 1 aliphatic rings. The van der Waals surface area contributed by atoms with E-state index >= 15 is 0 Å². The molecule has 0 radical (unpaired) electrons. The van der Waals surface area contributed by atoms with Gasteiger partial charge in [-0.15, -0.1) is 0 Å². The Kier molecular flexibility index (Phi) is 4.19. The molecule has 22 heavy (non-hydrogen) atoms. The Morgan fingerprint density at radius 3 is 2.82 bits per heavy atom. The molecule has 1 N–H and O–H groups in total. The fourth-order valence-corrected chi connectivity index (χ4v) is 3.11. The van der Waals surface area contributed by atoms with Crippen molar-refractivity contribution in [1.29, 1.82) is 0 Å². The van der Waals surface area contributed by atoms with Crippen molar-refractivity contribution in [2.75, 3.05) is 11.4 Å². The first-order chi connectivity index (χ1) is 10.6. The van der Waals surface area contributed by atoms with E-state index in [-0.39, 0.29) is 5.91 Å². The van der Waals surface area contributed by atoms with Gasteiger partial charge in [0, 0.05) is 28.4 Å². The molecule has 4 heteroatoms. The van der Waals surface area contributed by atoms with E-state index < -0.39 is 6.10 Å². The fourth-order valence-electron chi connectivity index (χ4n) is 2.93. The second-order valence-electron chi connectivity index (χ2n) is 5.63. The van der Waals surface area contributed by atoms with Crippen molar-refractivity contribution in [2.24, 2.45) is 0 Å². The zero-order valence-corrected chi connectivity index (χ0v) is 13.2. The van der Waals surface area contributed by atoms with Crippen molar-refractivity contribution in [3.8, 4) is 0 Å². The first-order valence-corrected chi connectivity index (χ1v) is 7.81. The van der Waals surface area contributed by atoms with E-state index in [1.807, 2.05) is 37.3 Å². The Balaban J connectivity index is 2.06. The number of amides is 1. The van der Waals surface area contributed by atoms with Crippen molar-refractivity contribution in [3.63, 3.8) is 0 Å². The lowest BCUT2D eigenvalue weighted by molar-refractivity contribution is 0.0986. The zero-order chi connectivity index (χ0) is 15.7. The molecule has 3 nitrogen and oxygen atoms in total. The molecule has 1 amide bonds. The van der Waals surface area contributed by atoms with Gasteiger partial charge in [0.25, 0.3) is 5.91 Å². The molecule has 1 heterocycles. The maximum absolute atomic E-state index is 12.9. The van der Waals surface area contributed by atoms with E-state index in [2.05, 4.69) is 0 Å². The van der Waals surface area contributed by atoms with Gasteiger partial charge >= 0.3 is 0 Å². The van der Waals surface area contributed by atoms with Gasteiger partial charge < -0.3 is 10.0 Å². The van der Waals surface area contributed by atoms with E-state index in [9.17, 15) is 9.90 Å². The third-order valence-electron chi connectivity index (χ3n) is 4.12. The number of hydrogen-bond donors (Lipinski definition) is 1. The van der Waals surface area contributed by atoms with Crippen molar-refractivity contribution < 1.29 is 9.90 Å². The summed E-state index contributed by atoms with van der Waals surface area (Å²) < 4.78 is 0. The molecule has 1 aliphatic heterocycles. The summed E-state index contributed by atoms with van der Waals surface area (Å²) in [5, 5.41) is 10.9. The quantitative estimate of drug-likeness (QED) is 0.860. The maximum Gasteiger partial charge on any atom is 0.258 e. The molecule has 0 saturated carbocycles. The molecule has 0 fully saturated rings. The molecular formula is C18H18ClNO2. The van der Waals surface area contributed by atoms with Gasteiger partial charge in [0.1, 0.15) is 0 Å². The van der Waals surface area contributed by atoms with E-state index in [1.165, 1.54) is 0 Å². The van der Waals surface area contributed by atoms with Crippen molar-refractivity contribution >= 4 is 23.2 Å². The van der Waals surface area contributed by atoms with Crippen LogP contribution < -0.4 is 4.90 Å². The number of benzene rings is 2. The molecule has 1 atom stereocenters. The van der Waals surface area contributed by atoms with E-state index in [0.29, 0.717) is 23.6 Å². The number of nitrogens with zero attached hydrogens (tertiary/aromatic N) is 1. The lowest BCUT2D eigenvalue weighted by atomic mass is 10.0. The summed E-state index contributed by atoms with van der Waals surface area (Å²) in [6.07, 6.45) is 0.805. The summed E-state index contributed by atoms with van der Waals surface area (Å²) >= 11 is 6.05. The van der Waals surface area contributed by atoms with Gasteiger partial charge in [0.2, 0.25) is 0 Å². The van der Waals surface area contributed by atoms with Gasteiger partial charge in [-0.2, -0.15) is 0 Å². The second-order valence-corrected chi connectivity index (χ2v) is 6.07. The smallest absolute Gasteiger partial charge is 0.258 e. The van der Waals surface area contributed by atoms with Crippen LogP contribution in [0, 0.1) is 6.92 Å². The van der Waals surface area contributed by atoms with Crippen LogP contribution in [0.5, 0.6) is 0 Å². The van der Waals surface area contributed by atoms with Crippen LogP contribution in [0.3, 0.4) is 0 Å². The highest BCUT2D eigenvalue weighted by atomic mass is 35.5. The van der Waals surface area contributed by atoms with Crippen LogP contribution in [0.2, 0.25) is 5.02 Å². The highest BCUT2D eigenvalue weighted by molar-refractivity contribution is 6.30. The molecule has 3 rings (SSSR count). The van der Waals surface area contributed by atoms with Gasteiger partial charge in [0.05, 0.1) is 6.10 Å². The predicted molar refractivity (Wildman–Crippen MR) is 88.5 cm³/mol. The molecule has 0 saturated heterocycles. The standard InChI is InChI=1S/C18H18ClNO2/c1-12-5-2-3-6-14(12)18(22)20-10-4-7-17(21)15-11-13(19)8-9-16(15)20/h2-3,5-6,8-9,11,17,21H,4,7,10H2,1H3. The van der Waals surface area contributed by atoms with Gasteiger partial charge in [-0.3, -0.25) is 4.79 Å². The molecule has 0 aliphatic carbocycles. The third kappa shape index (κ3) is 2.74. The Morgan fingerprint density at radius 2 is 2.05 bits per heavy atom. The molecule has 0 spiro atoms. The van der Waals surface area contributed by atoms with Crippen LogP contribution in [0.25, 0.3) is 0 Å². The lowest BCUT2D eigenvalue weighted by Crippen LogP contribution is -2.32. The van der Waals surface area contributed by atoms with Gasteiger partial charge in [-0.1, -0.05) is 29.8 Å². The van der Waals surface area contributed by atoms with Crippen molar-refractivity contribution in [1.82, 2.24) is 0 Å². The Labute approximate surface area is 135 Å². The number of carbonyl (C=O) groups is 1. The Hall–Kier alpha value is -1.84. The minimum atomic E-state index is -0.580. The molecule has 0 bridgehead atoms. The molecular weight excluding hydrogens is 298 g/mol. The number of aliphatic hydroxyl groups is 1. The van der Waals surface area contributed by atoms with Crippen molar-refractivity contribution in [2.45, 2.75) is 25.9 Å². The molecule has 2 aromatic carbocycles. The van der Waals surface area contributed by atoms with E-state index in [4.69, 9.17) is 11.6 Å². The molecule has 2 aromatic rings. The maximum atomic E-state index is 12.9. The average molecular weight is 316 g/mol. The first kappa shape index (κ1) is 15.1. The van der Waals surface area contributed by atoms with Crippen LogP contribution in [0.1, 0.15) is 40.4 Å². The minimum Gasteiger partial charge on any atom is -0.388 e. The number of hydrogen-bond acceptors (Lipinski definition) is 2. The molecule has 0 aromatic heterocycles. The summed E-state index contributed by atoms with van der Waals surface area (Å²) in [4.78, 5) is 14.7. The second kappa shape index (κ2) is 6.11. The summed E-state index contributed by atoms with van der Waals surface area (Å²) in [6.45, 7) is 2.53. The highest BCUT2D eigenvalue weighted by Gasteiger charge is 2.26. The van der Waals surface area contributed by atoms with Crippen LogP contribution in [-0.2, 0) is 0 Å². The largest absolute Gasteiger partial charge is 0.388 e. The topological polar surface area (TPSA) is 40.5 Å². The number of halogens is 1. The zero-order valence-electron chi connectivity index (χ0n) is 12.4. The summed E-state index contributed by atoms with van der Waals surface area (Å²) in [5.74, 6) is -0.0317. The number of aryl methyl sites for hydroxylation is 1.